The first kappa shape index (κ1) is 20.7. The van der Waals surface area contributed by atoms with Gasteiger partial charge in [0.05, 0.1) is 0 Å². The van der Waals surface area contributed by atoms with Crippen molar-refractivity contribution in [2.75, 3.05) is 17.7 Å². The number of esters is 1. The maximum atomic E-state index is 11.9. The number of carbonyl (C=O) groups is 2. The molecule has 0 unspecified atom stereocenters. The predicted molar refractivity (Wildman–Crippen MR) is 110 cm³/mol. The quantitative estimate of drug-likeness (QED) is 0.427. The molecule has 0 radical (unpaired) electrons. The summed E-state index contributed by atoms with van der Waals surface area (Å²) in [5.41, 5.74) is 8.20. The fourth-order valence-corrected chi connectivity index (χ4v) is 2.44. The van der Waals surface area contributed by atoms with Crippen LogP contribution in [0, 0.1) is 6.92 Å². The summed E-state index contributed by atoms with van der Waals surface area (Å²) in [6.45, 7) is 2.99. The molecule has 0 fully saturated rings. The molecule has 0 aliphatic rings. The SMILES string of the molecule is CC(=O)c1ccc(OCC(=O)OCc2nc(N)nc(Nc3ccc(C)cc3)n2)cc1. The van der Waals surface area contributed by atoms with Crippen molar-refractivity contribution < 1.29 is 19.1 Å². The van der Waals surface area contributed by atoms with Gasteiger partial charge in [-0.15, -0.1) is 0 Å². The fourth-order valence-electron chi connectivity index (χ4n) is 2.44. The van der Waals surface area contributed by atoms with Gasteiger partial charge in [0.1, 0.15) is 5.75 Å². The Morgan fingerprint density at radius 2 is 1.70 bits per heavy atom. The average molecular weight is 407 g/mol. The van der Waals surface area contributed by atoms with Crippen LogP contribution in [0.3, 0.4) is 0 Å². The molecule has 9 heteroatoms. The number of anilines is 3. The van der Waals surface area contributed by atoms with E-state index in [-0.39, 0.29) is 36.7 Å². The maximum Gasteiger partial charge on any atom is 0.344 e. The van der Waals surface area contributed by atoms with Gasteiger partial charge in [-0.25, -0.2) is 4.79 Å². The van der Waals surface area contributed by atoms with Crippen molar-refractivity contribution in [3.05, 3.63) is 65.5 Å². The van der Waals surface area contributed by atoms with Crippen LogP contribution in [-0.4, -0.2) is 33.3 Å². The van der Waals surface area contributed by atoms with E-state index in [0.717, 1.165) is 11.3 Å². The molecule has 30 heavy (non-hydrogen) atoms. The monoisotopic (exact) mass is 407 g/mol. The van der Waals surface area contributed by atoms with Crippen LogP contribution in [0.2, 0.25) is 0 Å². The Morgan fingerprint density at radius 1 is 1.00 bits per heavy atom. The Kier molecular flexibility index (Phi) is 6.53. The number of hydrogen-bond acceptors (Lipinski definition) is 9. The third kappa shape index (κ3) is 5.99. The van der Waals surface area contributed by atoms with Crippen molar-refractivity contribution >= 4 is 29.3 Å². The molecular weight excluding hydrogens is 386 g/mol. The molecule has 0 aliphatic heterocycles. The molecule has 3 N–H and O–H groups in total. The highest BCUT2D eigenvalue weighted by atomic mass is 16.6. The zero-order chi connectivity index (χ0) is 21.5. The second-order valence-corrected chi connectivity index (χ2v) is 6.45. The summed E-state index contributed by atoms with van der Waals surface area (Å²) >= 11 is 0. The van der Waals surface area contributed by atoms with Crippen molar-refractivity contribution in [3.63, 3.8) is 0 Å². The molecule has 2 aromatic carbocycles. The van der Waals surface area contributed by atoms with Crippen LogP contribution in [0.1, 0.15) is 28.7 Å². The van der Waals surface area contributed by atoms with Crippen LogP contribution in [-0.2, 0) is 16.1 Å². The molecule has 0 amide bonds. The van der Waals surface area contributed by atoms with Gasteiger partial charge in [0, 0.05) is 11.3 Å². The number of hydrogen-bond donors (Lipinski definition) is 2. The molecule has 3 aromatic rings. The fraction of sp³-hybridized carbons (Fsp3) is 0.190. The van der Waals surface area contributed by atoms with E-state index in [1.807, 2.05) is 31.2 Å². The normalized spacial score (nSPS) is 10.3. The molecule has 154 valence electrons. The molecule has 0 atom stereocenters. The van der Waals surface area contributed by atoms with E-state index in [1.165, 1.54) is 6.92 Å². The number of benzene rings is 2. The van der Waals surface area contributed by atoms with E-state index in [0.29, 0.717) is 11.3 Å². The van der Waals surface area contributed by atoms with Crippen LogP contribution in [0.15, 0.2) is 48.5 Å². The summed E-state index contributed by atoms with van der Waals surface area (Å²) in [5, 5.41) is 3.03. The van der Waals surface area contributed by atoms with Crippen LogP contribution < -0.4 is 15.8 Å². The summed E-state index contributed by atoms with van der Waals surface area (Å²) in [7, 11) is 0. The third-order valence-corrected chi connectivity index (χ3v) is 3.99. The molecule has 1 heterocycles. The lowest BCUT2D eigenvalue weighted by Gasteiger charge is -2.09. The van der Waals surface area contributed by atoms with Crippen LogP contribution in [0.4, 0.5) is 17.6 Å². The smallest absolute Gasteiger partial charge is 0.344 e. The highest BCUT2D eigenvalue weighted by Crippen LogP contribution is 2.15. The summed E-state index contributed by atoms with van der Waals surface area (Å²) in [6.07, 6.45) is 0. The lowest BCUT2D eigenvalue weighted by Crippen LogP contribution is -2.16. The van der Waals surface area contributed by atoms with E-state index in [4.69, 9.17) is 15.2 Å². The average Bonchev–Trinajstić information content (AvgIpc) is 2.72. The van der Waals surface area contributed by atoms with Crippen molar-refractivity contribution in [2.45, 2.75) is 20.5 Å². The number of nitrogens with zero attached hydrogens (tertiary/aromatic N) is 3. The van der Waals surface area contributed by atoms with Crippen LogP contribution >= 0.6 is 0 Å². The number of ketones is 1. The van der Waals surface area contributed by atoms with E-state index in [1.54, 1.807) is 24.3 Å². The van der Waals surface area contributed by atoms with Crippen molar-refractivity contribution in [2.24, 2.45) is 0 Å². The lowest BCUT2D eigenvalue weighted by atomic mass is 10.1. The second-order valence-electron chi connectivity index (χ2n) is 6.45. The van der Waals surface area contributed by atoms with Gasteiger partial charge in [0.25, 0.3) is 0 Å². The summed E-state index contributed by atoms with van der Waals surface area (Å²) in [4.78, 5) is 35.4. The first-order chi connectivity index (χ1) is 14.4. The zero-order valence-corrected chi connectivity index (χ0v) is 16.6. The van der Waals surface area contributed by atoms with Gasteiger partial charge in [-0.2, -0.15) is 15.0 Å². The van der Waals surface area contributed by atoms with Gasteiger partial charge in [-0.05, 0) is 50.2 Å². The molecule has 0 saturated carbocycles. The molecule has 1 aromatic heterocycles. The molecule has 0 saturated heterocycles. The maximum absolute atomic E-state index is 11.9. The number of nitrogens with one attached hydrogen (secondary N) is 1. The van der Waals surface area contributed by atoms with Gasteiger partial charge in [0.2, 0.25) is 11.9 Å². The van der Waals surface area contributed by atoms with Gasteiger partial charge in [0.15, 0.2) is 24.8 Å². The minimum Gasteiger partial charge on any atom is -0.482 e. The number of aromatic nitrogens is 3. The van der Waals surface area contributed by atoms with Crippen molar-refractivity contribution in [1.82, 2.24) is 15.0 Å². The predicted octanol–water partition coefficient (Wildman–Crippen LogP) is 2.83. The molecule has 9 nitrogen and oxygen atoms in total. The second kappa shape index (κ2) is 9.46. The highest BCUT2D eigenvalue weighted by Gasteiger charge is 2.10. The minimum absolute atomic E-state index is 0.00692. The Hall–Kier alpha value is -4.01. The van der Waals surface area contributed by atoms with E-state index in [9.17, 15) is 9.59 Å². The first-order valence-corrected chi connectivity index (χ1v) is 9.12. The minimum atomic E-state index is -0.599. The van der Waals surface area contributed by atoms with Gasteiger partial charge in [-0.3, -0.25) is 4.79 Å². The molecule has 0 bridgehead atoms. The van der Waals surface area contributed by atoms with Crippen LogP contribution in [0.25, 0.3) is 0 Å². The van der Waals surface area contributed by atoms with E-state index >= 15 is 0 Å². The summed E-state index contributed by atoms with van der Waals surface area (Å²) in [6, 6.07) is 14.1. The first-order valence-electron chi connectivity index (χ1n) is 9.12. The molecule has 3 rings (SSSR count). The number of nitrogen functional groups attached to an aromatic ring is 1. The number of nitrogens with two attached hydrogens (primary N) is 1. The Labute approximate surface area is 173 Å². The lowest BCUT2D eigenvalue weighted by molar-refractivity contribution is -0.147. The molecular formula is C21H21N5O4. The van der Waals surface area contributed by atoms with Crippen LogP contribution in [0.5, 0.6) is 5.75 Å². The van der Waals surface area contributed by atoms with Crippen molar-refractivity contribution in [1.29, 1.82) is 0 Å². The summed E-state index contributed by atoms with van der Waals surface area (Å²) in [5.74, 6) is 0.264. The number of carbonyl (C=O) groups excluding carboxylic acids is 2. The van der Waals surface area contributed by atoms with E-state index < -0.39 is 5.97 Å². The molecule has 0 aliphatic carbocycles. The van der Waals surface area contributed by atoms with Gasteiger partial charge < -0.3 is 20.5 Å². The van der Waals surface area contributed by atoms with Crippen molar-refractivity contribution in [3.8, 4) is 5.75 Å². The third-order valence-electron chi connectivity index (χ3n) is 3.99. The highest BCUT2D eigenvalue weighted by molar-refractivity contribution is 5.94. The Morgan fingerprint density at radius 3 is 2.37 bits per heavy atom. The van der Waals surface area contributed by atoms with Gasteiger partial charge >= 0.3 is 5.97 Å². The summed E-state index contributed by atoms with van der Waals surface area (Å²) < 4.78 is 10.5. The number of ether oxygens (including phenoxy) is 2. The Bertz CT molecular complexity index is 1040. The van der Waals surface area contributed by atoms with E-state index in [2.05, 4.69) is 20.3 Å². The number of aryl methyl sites for hydroxylation is 1. The van der Waals surface area contributed by atoms with Gasteiger partial charge in [-0.1, -0.05) is 17.7 Å². The standard InChI is InChI=1S/C21H21N5O4/c1-13-3-7-16(8-4-13)23-21-25-18(24-20(22)26-21)11-30-19(28)12-29-17-9-5-15(6-10-17)14(2)27/h3-10H,11-12H2,1-2H3,(H3,22,23,24,25,26). The topological polar surface area (TPSA) is 129 Å². The largest absolute Gasteiger partial charge is 0.482 e. The zero-order valence-electron chi connectivity index (χ0n) is 16.6. The number of Topliss-reactive ketones (excluding diaryl/α,β-unsaturated/α-hetero) is 1. The molecule has 0 spiro atoms. The Balaban J connectivity index is 1.53. The number of rotatable bonds is 8.